The van der Waals surface area contributed by atoms with Crippen LogP contribution in [-0.4, -0.2) is 31.0 Å². The predicted molar refractivity (Wildman–Crippen MR) is 67.2 cm³/mol. The summed E-state index contributed by atoms with van der Waals surface area (Å²) in [6.07, 6.45) is 1.15. The fraction of sp³-hybridized carbons (Fsp3) is 0.182. The molecule has 0 bridgehead atoms. The summed E-state index contributed by atoms with van der Waals surface area (Å²) >= 11 is 0. The summed E-state index contributed by atoms with van der Waals surface area (Å²) in [7, 11) is -3.46. The van der Waals surface area contributed by atoms with Crippen molar-refractivity contribution in [3.63, 3.8) is 0 Å². The molecule has 1 heterocycles. The molecule has 0 spiro atoms. The zero-order chi connectivity index (χ0) is 15.8. The standard InChI is InChI=1S/C11H8F2N2O5S/c12-7-1-2-8(15(17)18)10(13)9(7)11(16)14-6-3-4-21(19,20)5-6/h1-4,6H,5H2,(H,14,16). The van der Waals surface area contributed by atoms with Crippen molar-refractivity contribution < 1.29 is 26.9 Å². The van der Waals surface area contributed by atoms with Gasteiger partial charge in [-0.1, -0.05) is 0 Å². The van der Waals surface area contributed by atoms with Crippen molar-refractivity contribution in [1.29, 1.82) is 0 Å². The average molecular weight is 318 g/mol. The number of benzene rings is 1. The second-order valence-electron chi connectivity index (χ2n) is 4.25. The van der Waals surface area contributed by atoms with Gasteiger partial charge >= 0.3 is 5.69 Å². The highest BCUT2D eigenvalue weighted by atomic mass is 32.2. The summed E-state index contributed by atoms with van der Waals surface area (Å²) < 4.78 is 49.6. The monoisotopic (exact) mass is 318 g/mol. The smallest absolute Gasteiger partial charge is 0.305 e. The molecular weight excluding hydrogens is 310 g/mol. The largest absolute Gasteiger partial charge is 0.345 e. The topological polar surface area (TPSA) is 106 Å². The van der Waals surface area contributed by atoms with Crippen molar-refractivity contribution in [1.82, 2.24) is 5.32 Å². The average Bonchev–Trinajstić information content (AvgIpc) is 2.68. The van der Waals surface area contributed by atoms with E-state index in [1.54, 1.807) is 0 Å². The van der Waals surface area contributed by atoms with Gasteiger partial charge in [-0.05, 0) is 12.1 Å². The number of halogens is 2. The van der Waals surface area contributed by atoms with E-state index in [4.69, 9.17) is 0 Å². The number of hydrogen-bond donors (Lipinski definition) is 1. The zero-order valence-electron chi connectivity index (χ0n) is 10.2. The van der Waals surface area contributed by atoms with Gasteiger partial charge in [0.05, 0.1) is 16.7 Å². The molecule has 0 saturated heterocycles. The molecule has 0 radical (unpaired) electrons. The fourth-order valence-corrected chi connectivity index (χ4v) is 3.03. The van der Waals surface area contributed by atoms with E-state index in [0.717, 1.165) is 11.5 Å². The first kappa shape index (κ1) is 15.0. The molecule has 0 aliphatic carbocycles. The van der Waals surface area contributed by atoms with E-state index in [0.29, 0.717) is 12.1 Å². The van der Waals surface area contributed by atoms with Gasteiger partial charge in [0.15, 0.2) is 9.84 Å². The van der Waals surface area contributed by atoms with Gasteiger partial charge in [0.1, 0.15) is 11.4 Å². The minimum absolute atomic E-state index is 0.434. The minimum atomic E-state index is -3.46. The highest BCUT2D eigenvalue weighted by Crippen LogP contribution is 2.23. The number of amides is 1. The SMILES string of the molecule is O=C(NC1C=CS(=O)(=O)C1)c1c(F)ccc([N+](=O)[O-])c1F. The summed E-state index contributed by atoms with van der Waals surface area (Å²) in [6, 6.07) is 0.249. The van der Waals surface area contributed by atoms with Crippen LogP contribution in [0.4, 0.5) is 14.5 Å². The van der Waals surface area contributed by atoms with E-state index in [1.165, 1.54) is 0 Å². The van der Waals surface area contributed by atoms with Gasteiger partial charge in [0, 0.05) is 11.5 Å². The molecule has 0 fully saturated rings. The Morgan fingerprint density at radius 1 is 1.38 bits per heavy atom. The van der Waals surface area contributed by atoms with E-state index < -0.39 is 55.3 Å². The van der Waals surface area contributed by atoms with Crippen molar-refractivity contribution in [3.05, 3.63) is 50.9 Å². The summed E-state index contributed by atoms with van der Waals surface area (Å²) in [4.78, 5) is 21.3. The molecule has 0 saturated carbocycles. The Balaban J connectivity index is 2.30. The van der Waals surface area contributed by atoms with Gasteiger partial charge < -0.3 is 5.32 Å². The molecule has 1 aromatic carbocycles. The molecule has 112 valence electrons. The van der Waals surface area contributed by atoms with Crippen LogP contribution in [-0.2, 0) is 9.84 Å². The lowest BCUT2D eigenvalue weighted by Crippen LogP contribution is -2.36. The molecule has 7 nitrogen and oxygen atoms in total. The Morgan fingerprint density at radius 3 is 2.57 bits per heavy atom. The molecule has 1 unspecified atom stereocenters. The van der Waals surface area contributed by atoms with Crippen molar-refractivity contribution in [3.8, 4) is 0 Å². The second kappa shape index (κ2) is 5.20. The number of rotatable bonds is 3. The van der Waals surface area contributed by atoms with Gasteiger partial charge in [0.25, 0.3) is 5.91 Å². The van der Waals surface area contributed by atoms with E-state index in [1.807, 2.05) is 0 Å². The maximum atomic E-state index is 13.8. The third-order valence-corrected chi connectivity index (χ3v) is 4.14. The van der Waals surface area contributed by atoms with Crippen LogP contribution < -0.4 is 5.32 Å². The summed E-state index contributed by atoms with van der Waals surface area (Å²) in [5.74, 6) is -4.58. The molecule has 1 aromatic rings. The predicted octanol–water partition coefficient (Wildman–Crippen LogP) is 0.914. The first-order chi connectivity index (χ1) is 9.71. The molecule has 1 amide bonds. The number of nitro groups is 1. The second-order valence-corrected chi connectivity index (χ2v) is 6.18. The van der Waals surface area contributed by atoms with Gasteiger partial charge in [-0.3, -0.25) is 14.9 Å². The van der Waals surface area contributed by atoms with Crippen LogP contribution >= 0.6 is 0 Å². The van der Waals surface area contributed by atoms with Crippen LogP contribution in [0.3, 0.4) is 0 Å². The molecule has 1 N–H and O–H groups in total. The van der Waals surface area contributed by atoms with Crippen molar-refractivity contribution >= 4 is 21.4 Å². The molecular formula is C11H8F2N2O5S. The van der Waals surface area contributed by atoms with E-state index in [2.05, 4.69) is 5.32 Å². The maximum Gasteiger partial charge on any atom is 0.305 e. The number of carbonyl (C=O) groups excluding carboxylic acids is 1. The number of nitrogens with one attached hydrogen (secondary N) is 1. The number of carbonyl (C=O) groups is 1. The van der Waals surface area contributed by atoms with Crippen LogP contribution in [0.25, 0.3) is 0 Å². The third kappa shape index (κ3) is 3.05. The normalized spacial score (nSPS) is 19.4. The van der Waals surface area contributed by atoms with Crippen molar-refractivity contribution in [2.45, 2.75) is 6.04 Å². The lowest BCUT2D eigenvalue weighted by Gasteiger charge is -2.11. The Bertz CT molecular complexity index is 760. The maximum absolute atomic E-state index is 13.8. The fourth-order valence-electron chi connectivity index (χ4n) is 1.80. The first-order valence-corrected chi connectivity index (χ1v) is 7.27. The number of nitrogens with zero attached hydrogens (tertiary/aromatic N) is 1. The lowest BCUT2D eigenvalue weighted by atomic mass is 10.1. The van der Waals surface area contributed by atoms with E-state index in [9.17, 15) is 32.1 Å². The van der Waals surface area contributed by atoms with Crippen molar-refractivity contribution in [2.75, 3.05) is 5.75 Å². The molecule has 2 rings (SSSR count). The number of hydrogen-bond acceptors (Lipinski definition) is 5. The van der Waals surface area contributed by atoms with Gasteiger partial charge in [-0.2, -0.15) is 4.39 Å². The highest BCUT2D eigenvalue weighted by molar-refractivity contribution is 7.94. The quantitative estimate of drug-likeness (QED) is 0.658. The highest BCUT2D eigenvalue weighted by Gasteiger charge is 2.29. The number of sulfone groups is 1. The van der Waals surface area contributed by atoms with Crippen LogP contribution in [0.5, 0.6) is 0 Å². The summed E-state index contributed by atoms with van der Waals surface area (Å²) in [6.45, 7) is 0. The Hall–Kier alpha value is -2.36. The van der Waals surface area contributed by atoms with Gasteiger partial charge in [-0.15, -0.1) is 0 Å². The molecule has 1 aliphatic rings. The van der Waals surface area contributed by atoms with E-state index >= 15 is 0 Å². The van der Waals surface area contributed by atoms with Crippen LogP contribution in [0, 0.1) is 21.7 Å². The van der Waals surface area contributed by atoms with Crippen LogP contribution in [0.15, 0.2) is 23.6 Å². The summed E-state index contributed by atoms with van der Waals surface area (Å²) in [5.41, 5.74) is -2.17. The summed E-state index contributed by atoms with van der Waals surface area (Å²) in [5, 5.41) is 13.5. The Labute approximate surface area is 117 Å². The molecule has 1 aliphatic heterocycles. The minimum Gasteiger partial charge on any atom is -0.345 e. The van der Waals surface area contributed by atoms with Crippen LogP contribution in [0.2, 0.25) is 0 Å². The third-order valence-electron chi connectivity index (χ3n) is 2.74. The molecule has 21 heavy (non-hydrogen) atoms. The molecule has 0 aromatic heterocycles. The Kier molecular flexibility index (Phi) is 3.73. The van der Waals surface area contributed by atoms with Crippen molar-refractivity contribution in [2.24, 2.45) is 0 Å². The number of nitro benzene ring substituents is 1. The molecule has 1 atom stereocenters. The van der Waals surface area contributed by atoms with Gasteiger partial charge in [0.2, 0.25) is 5.82 Å². The van der Waals surface area contributed by atoms with E-state index in [-0.39, 0.29) is 0 Å². The zero-order valence-corrected chi connectivity index (χ0v) is 11.1. The van der Waals surface area contributed by atoms with Gasteiger partial charge in [-0.25, -0.2) is 12.8 Å². The molecule has 10 heteroatoms. The lowest BCUT2D eigenvalue weighted by molar-refractivity contribution is -0.387. The Morgan fingerprint density at radius 2 is 2.05 bits per heavy atom. The first-order valence-electron chi connectivity index (χ1n) is 5.55. The van der Waals surface area contributed by atoms with Crippen LogP contribution in [0.1, 0.15) is 10.4 Å².